The molecule has 0 unspecified atom stereocenters. The number of pyridine rings is 1. The maximum atomic E-state index is 9.13. The minimum Gasteiger partial charge on any atom is -0.464 e. The van der Waals surface area contributed by atoms with Crippen molar-refractivity contribution in [3.05, 3.63) is 24.6 Å². The van der Waals surface area contributed by atoms with E-state index in [1.165, 1.54) is 0 Å². The van der Waals surface area contributed by atoms with Crippen molar-refractivity contribution in [2.75, 3.05) is 24.6 Å². The monoisotopic (exact) mass is 234 g/mol. The Morgan fingerprint density at radius 1 is 1.35 bits per heavy atom. The lowest BCUT2D eigenvalue weighted by molar-refractivity contribution is 0.301. The van der Waals surface area contributed by atoms with Gasteiger partial charge in [0.1, 0.15) is 11.4 Å². The van der Waals surface area contributed by atoms with E-state index in [0.29, 0.717) is 6.54 Å². The third kappa shape index (κ3) is 2.58. The molecule has 0 saturated heterocycles. The van der Waals surface area contributed by atoms with E-state index in [1.807, 2.05) is 12.1 Å². The predicted molar refractivity (Wildman–Crippen MR) is 68.2 cm³/mol. The average Bonchev–Trinajstić information content (AvgIpc) is 2.82. The quantitative estimate of drug-likeness (QED) is 0.834. The number of unbranched alkanes of at least 4 members (excludes halogenated alkanes) is 1. The molecule has 1 N–H and O–H groups in total. The van der Waals surface area contributed by atoms with Crippen molar-refractivity contribution >= 4 is 16.8 Å². The van der Waals surface area contributed by atoms with Crippen LogP contribution in [0.1, 0.15) is 19.8 Å². The van der Waals surface area contributed by atoms with Crippen molar-refractivity contribution in [1.82, 2.24) is 4.98 Å². The van der Waals surface area contributed by atoms with Crippen molar-refractivity contribution in [3.63, 3.8) is 0 Å². The van der Waals surface area contributed by atoms with Gasteiger partial charge in [-0.3, -0.25) is 0 Å². The van der Waals surface area contributed by atoms with Crippen LogP contribution in [0.4, 0.5) is 5.82 Å². The van der Waals surface area contributed by atoms with Crippen molar-refractivity contribution in [1.29, 1.82) is 0 Å². The number of fused-ring (bicyclic) bond motifs is 1. The first kappa shape index (κ1) is 11.9. The van der Waals surface area contributed by atoms with Gasteiger partial charge in [-0.2, -0.15) is 0 Å². The fourth-order valence-electron chi connectivity index (χ4n) is 1.93. The third-order valence-electron chi connectivity index (χ3n) is 2.81. The standard InChI is InChI=1S/C13H18N2O2/c1-2-3-7-15(8-9-16)13-11-5-10-17-12(11)4-6-14-13/h4-6,10,16H,2-3,7-9H2,1H3. The van der Waals surface area contributed by atoms with Crippen LogP contribution in [0.5, 0.6) is 0 Å². The smallest absolute Gasteiger partial charge is 0.139 e. The molecule has 0 radical (unpaired) electrons. The van der Waals surface area contributed by atoms with Crippen LogP contribution < -0.4 is 4.90 Å². The minimum atomic E-state index is 0.139. The first-order chi connectivity index (χ1) is 8.36. The molecule has 0 spiro atoms. The molecule has 0 aliphatic heterocycles. The highest BCUT2D eigenvalue weighted by atomic mass is 16.3. The van der Waals surface area contributed by atoms with Crippen molar-refractivity contribution in [2.45, 2.75) is 19.8 Å². The maximum absolute atomic E-state index is 9.13. The molecular weight excluding hydrogens is 216 g/mol. The molecule has 2 rings (SSSR count). The number of aromatic nitrogens is 1. The van der Waals surface area contributed by atoms with E-state index in [4.69, 9.17) is 9.52 Å². The molecule has 2 heterocycles. The SMILES string of the molecule is CCCCN(CCO)c1nccc2occc12. The zero-order chi connectivity index (χ0) is 12.1. The van der Waals surface area contributed by atoms with Gasteiger partial charge in [0.05, 0.1) is 18.3 Å². The topological polar surface area (TPSA) is 49.5 Å². The van der Waals surface area contributed by atoms with Crippen LogP contribution in [0.15, 0.2) is 29.0 Å². The minimum absolute atomic E-state index is 0.139. The Labute approximate surface area is 101 Å². The van der Waals surface area contributed by atoms with E-state index in [1.54, 1.807) is 12.5 Å². The van der Waals surface area contributed by atoms with Crippen LogP contribution in [0.25, 0.3) is 11.0 Å². The molecule has 92 valence electrons. The molecule has 17 heavy (non-hydrogen) atoms. The molecule has 0 aromatic carbocycles. The molecule has 0 fully saturated rings. The second kappa shape index (κ2) is 5.68. The van der Waals surface area contributed by atoms with E-state index < -0.39 is 0 Å². The summed E-state index contributed by atoms with van der Waals surface area (Å²) in [5.41, 5.74) is 0.842. The molecule has 0 saturated carbocycles. The number of anilines is 1. The van der Waals surface area contributed by atoms with Gasteiger partial charge in [-0.25, -0.2) is 4.98 Å². The zero-order valence-electron chi connectivity index (χ0n) is 10.1. The van der Waals surface area contributed by atoms with Gasteiger partial charge in [-0.15, -0.1) is 0 Å². The normalized spacial score (nSPS) is 10.9. The molecule has 4 nitrogen and oxygen atoms in total. The molecular formula is C13H18N2O2. The van der Waals surface area contributed by atoms with E-state index >= 15 is 0 Å². The van der Waals surface area contributed by atoms with Gasteiger partial charge in [0.25, 0.3) is 0 Å². The number of aliphatic hydroxyl groups excluding tert-OH is 1. The highest BCUT2D eigenvalue weighted by molar-refractivity contribution is 5.88. The highest BCUT2D eigenvalue weighted by Gasteiger charge is 2.11. The molecule has 4 heteroatoms. The van der Waals surface area contributed by atoms with E-state index in [-0.39, 0.29) is 6.61 Å². The van der Waals surface area contributed by atoms with Gasteiger partial charge in [0.15, 0.2) is 0 Å². The predicted octanol–water partition coefficient (Wildman–Crippen LogP) is 2.43. The summed E-state index contributed by atoms with van der Waals surface area (Å²) >= 11 is 0. The van der Waals surface area contributed by atoms with Gasteiger partial charge in [0, 0.05) is 19.3 Å². The molecule has 0 bridgehead atoms. The van der Waals surface area contributed by atoms with E-state index in [0.717, 1.165) is 36.2 Å². The fraction of sp³-hybridized carbons (Fsp3) is 0.462. The maximum Gasteiger partial charge on any atom is 0.139 e. The van der Waals surface area contributed by atoms with E-state index in [2.05, 4.69) is 16.8 Å². The lowest BCUT2D eigenvalue weighted by atomic mass is 10.2. The second-order valence-electron chi connectivity index (χ2n) is 4.03. The Balaban J connectivity index is 2.30. The molecule has 0 amide bonds. The molecule has 2 aromatic rings. The van der Waals surface area contributed by atoms with Gasteiger partial charge in [0.2, 0.25) is 0 Å². The first-order valence-corrected chi connectivity index (χ1v) is 6.05. The summed E-state index contributed by atoms with van der Waals surface area (Å²) in [5, 5.41) is 10.1. The Bertz CT molecular complexity index is 467. The van der Waals surface area contributed by atoms with Crippen molar-refractivity contribution in [2.24, 2.45) is 0 Å². The first-order valence-electron chi connectivity index (χ1n) is 6.05. The molecule has 0 atom stereocenters. The number of rotatable bonds is 6. The largest absolute Gasteiger partial charge is 0.464 e. The Hall–Kier alpha value is -1.55. The summed E-state index contributed by atoms with van der Waals surface area (Å²) in [5.74, 6) is 0.902. The van der Waals surface area contributed by atoms with Gasteiger partial charge >= 0.3 is 0 Å². The number of nitrogens with zero attached hydrogens (tertiary/aromatic N) is 2. The van der Waals surface area contributed by atoms with Crippen LogP contribution in [-0.4, -0.2) is 29.8 Å². The van der Waals surface area contributed by atoms with Gasteiger partial charge in [-0.05, 0) is 18.6 Å². The summed E-state index contributed by atoms with van der Waals surface area (Å²) in [4.78, 5) is 6.52. The van der Waals surface area contributed by atoms with Crippen LogP contribution in [0.2, 0.25) is 0 Å². The number of aliphatic hydroxyl groups is 1. The molecule has 2 aromatic heterocycles. The van der Waals surface area contributed by atoms with Crippen molar-refractivity contribution < 1.29 is 9.52 Å². The van der Waals surface area contributed by atoms with Gasteiger partial charge in [-0.1, -0.05) is 13.3 Å². The molecule has 0 aliphatic rings. The zero-order valence-corrected chi connectivity index (χ0v) is 10.1. The summed E-state index contributed by atoms with van der Waals surface area (Å²) in [7, 11) is 0. The lowest BCUT2D eigenvalue weighted by Crippen LogP contribution is -2.28. The lowest BCUT2D eigenvalue weighted by Gasteiger charge is -2.22. The van der Waals surface area contributed by atoms with Crippen molar-refractivity contribution in [3.8, 4) is 0 Å². The van der Waals surface area contributed by atoms with Crippen LogP contribution in [-0.2, 0) is 0 Å². The number of hydrogen-bond donors (Lipinski definition) is 1. The summed E-state index contributed by atoms with van der Waals surface area (Å²) in [6.45, 7) is 3.81. The average molecular weight is 234 g/mol. The number of furan rings is 1. The van der Waals surface area contributed by atoms with Crippen LogP contribution in [0.3, 0.4) is 0 Å². The third-order valence-corrected chi connectivity index (χ3v) is 2.81. The Morgan fingerprint density at radius 3 is 3.00 bits per heavy atom. The second-order valence-corrected chi connectivity index (χ2v) is 4.03. The highest BCUT2D eigenvalue weighted by Crippen LogP contribution is 2.25. The van der Waals surface area contributed by atoms with Gasteiger partial charge < -0.3 is 14.4 Å². The fourth-order valence-corrected chi connectivity index (χ4v) is 1.93. The summed E-state index contributed by atoms with van der Waals surface area (Å²) in [6, 6.07) is 3.78. The van der Waals surface area contributed by atoms with Crippen LogP contribution in [0, 0.1) is 0 Å². The number of hydrogen-bond acceptors (Lipinski definition) is 4. The van der Waals surface area contributed by atoms with Crippen LogP contribution >= 0.6 is 0 Å². The summed E-state index contributed by atoms with van der Waals surface area (Å²) < 4.78 is 5.36. The Kier molecular flexibility index (Phi) is 3.98. The summed E-state index contributed by atoms with van der Waals surface area (Å²) in [6.07, 6.45) is 5.64. The Morgan fingerprint density at radius 2 is 2.24 bits per heavy atom. The molecule has 0 aliphatic carbocycles. The van der Waals surface area contributed by atoms with E-state index in [9.17, 15) is 0 Å².